The van der Waals surface area contributed by atoms with Crippen LogP contribution >= 0.6 is 0 Å². The van der Waals surface area contributed by atoms with E-state index in [0.29, 0.717) is 35.9 Å². The highest BCUT2D eigenvalue weighted by Gasteiger charge is 2.43. The molecule has 2 aromatic rings. The molecular weight excluding hydrogens is 324 g/mol. The van der Waals surface area contributed by atoms with Crippen LogP contribution < -0.4 is 4.90 Å². The molecular formula is C17H24N4O2S. The molecule has 2 heterocycles. The number of anilines is 1. The van der Waals surface area contributed by atoms with Gasteiger partial charge in [0.1, 0.15) is 4.90 Å². The van der Waals surface area contributed by atoms with Gasteiger partial charge in [-0.05, 0) is 39.8 Å². The van der Waals surface area contributed by atoms with Crippen molar-refractivity contribution in [3.63, 3.8) is 0 Å². The smallest absolute Gasteiger partial charge is 0.247 e. The first-order valence-electron chi connectivity index (χ1n) is 8.08. The Kier molecular flexibility index (Phi) is 4.17. The summed E-state index contributed by atoms with van der Waals surface area (Å²) in [5, 5.41) is 6.82. The van der Waals surface area contributed by atoms with Crippen LogP contribution in [0, 0.1) is 13.8 Å². The first-order chi connectivity index (χ1) is 11.2. The van der Waals surface area contributed by atoms with E-state index in [9.17, 15) is 8.42 Å². The van der Waals surface area contributed by atoms with Crippen LogP contribution in [-0.4, -0.2) is 48.1 Å². The molecule has 0 amide bonds. The van der Waals surface area contributed by atoms with E-state index in [2.05, 4.69) is 27.2 Å². The SMILES string of the molecule is Cc1n[nH]c(C)c1S(=O)(=O)N1CCN(c2ccccc2)CC1(C)C. The number of benzene rings is 1. The Bertz CT molecular complexity index is 808. The largest absolute Gasteiger partial charge is 0.368 e. The molecule has 24 heavy (non-hydrogen) atoms. The van der Waals surface area contributed by atoms with Crippen molar-refractivity contribution >= 4 is 15.7 Å². The van der Waals surface area contributed by atoms with Crippen molar-refractivity contribution in [1.29, 1.82) is 0 Å². The lowest BCUT2D eigenvalue weighted by Gasteiger charge is -2.46. The van der Waals surface area contributed by atoms with Crippen LogP contribution in [0.25, 0.3) is 0 Å². The Morgan fingerprint density at radius 3 is 2.33 bits per heavy atom. The van der Waals surface area contributed by atoms with Gasteiger partial charge in [-0.25, -0.2) is 8.42 Å². The molecule has 0 bridgehead atoms. The number of rotatable bonds is 3. The summed E-state index contributed by atoms with van der Waals surface area (Å²) in [5.41, 5.74) is 1.73. The van der Waals surface area contributed by atoms with Crippen LogP contribution in [0.5, 0.6) is 0 Å². The highest BCUT2D eigenvalue weighted by Crippen LogP contribution is 2.32. The van der Waals surface area contributed by atoms with Crippen LogP contribution in [0.15, 0.2) is 35.2 Å². The predicted molar refractivity (Wildman–Crippen MR) is 94.7 cm³/mol. The molecule has 1 aliphatic rings. The lowest BCUT2D eigenvalue weighted by molar-refractivity contribution is 0.205. The normalized spacial score (nSPS) is 18.8. The Morgan fingerprint density at radius 2 is 1.79 bits per heavy atom. The van der Waals surface area contributed by atoms with Gasteiger partial charge >= 0.3 is 0 Å². The van der Waals surface area contributed by atoms with E-state index in [4.69, 9.17) is 0 Å². The number of nitrogens with one attached hydrogen (secondary N) is 1. The van der Waals surface area contributed by atoms with E-state index in [1.165, 1.54) is 0 Å². The van der Waals surface area contributed by atoms with Crippen LogP contribution in [0.2, 0.25) is 0 Å². The molecule has 0 atom stereocenters. The van der Waals surface area contributed by atoms with E-state index in [-0.39, 0.29) is 0 Å². The van der Waals surface area contributed by atoms with Crippen LogP contribution in [-0.2, 0) is 10.0 Å². The summed E-state index contributed by atoms with van der Waals surface area (Å²) in [7, 11) is -3.58. The predicted octanol–water partition coefficient (Wildman–Crippen LogP) is 2.32. The van der Waals surface area contributed by atoms with Crippen molar-refractivity contribution in [2.45, 2.75) is 38.1 Å². The fourth-order valence-electron chi connectivity index (χ4n) is 3.47. The average molecular weight is 348 g/mol. The van der Waals surface area contributed by atoms with Crippen molar-refractivity contribution in [3.05, 3.63) is 41.7 Å². The van der Waals surface area contributed by atoms with Gasteiger partial charge < -0.3 is 4.90 Å². The number of H-pyrrole nitrogens is 1. The number of sulfonamides is 1. The van der Waals surface area contributed by atoms with Crippen LogP contribution in [0.1, 0.15) is 25.2 Å². The quantitative estimate of drug-likeness (QED) is 0.924. The molecule has 3 rings (SSSR count). The minimum Gasteiger partial charge on any atom is -0.368 e. The van der Waals surface area contributed by atoms with E-state index < -0.39 is 15.6 Å². The molecule has 1 aliphatic heterocycles. The summed E-state index contributed by atoms with van der Waals surface area (Å²) >= 11 is 0. The summed E-state index contributed by atoms with van der Waals surface area (Å²) in [6.07, 6.45) is 0. The maximum Gasteiger partial charge on any atom is 0.247 e. The highest BCUT2D eigenvalue weighted by atomic mass is 32.2. The summed E-state index contributed by atoms with van der Waals surface area (Å²) in [6.45, 7) is 9.20. The minimum atomic E-state index is -3.58. The number of aromatic nitrogens is 2. The fraction of sp³-hybridized carbons (Fsp3) is 0.471. The first kappa shape index (κ1) is 17.0. The number of nitrogens with zero attached hydrogens (tertiary/aromatic N) is 3. The lowest BCUT2D eigenvalue weighted by Crippen LogP contribution is -2.61. The molecule has 0 saturated carbocycles. The first-order valence-corrected chi connectivity index (χ1v) is 9.52. The third-order valence-electron chi connectivity index (χ3n) is 4.56. The van der Waals surface area contributed by atoms with Crippen molar-refractivity contribution < 1.29 is 8.42 Å². The van der Waals surface area contributed by atoms with Crippen LogP contribution in [0.4, 0.5) is 5.69 Å². The Balaban J connectivity index is 1.91. The molecule has 1 saturated heterocycles. The third-order valence-corrected chi connectivity index (χ3v) is 6.93. The zero-order chi connectivity index (χ0) is 17.5. The zero-order valence-corrected chi connectivity index (χ0v) is 15.4. The Hall–Kier alpha value is -1.86. The summed E-state index contributed by atoms with van der Waals surface area (Å²) in [4.78, 5) is 2.55. The maximum atomic E-state index is 13.2. The average Bonchev–Trinajstić information content (AvgIpc) is 2.86. The highest BCUT2D eigenvalue weighted by molar-refractivity contribution is 7.89. The van der Waals surface area contributed by atoms with Gasteiger partial charge in [-0.2, -0.15) is 9.40 Å². The summed E-state index contributed by atoms with van der Waals surface area (Å²) in [6, 6.07) is 10.1. The van der Waals surface area contributed by atoms with Crippen molar-refractivity contribution in [2.75, 3.05) is 24.5 Å². The van der Waals surface area contributed by atoms with Crippen LogP contribution in [0.3, 0.4) is 0 Å². The molecule has 1 aromatic heterocycles. The second kappa shape index (κ2) is 5.89. The monoisotopic (exact) mass is 348 g/mol. The second-order valence-corrected chi connectivity index (χ2v) is 8.71. The molecule has 0 radical (unpaired) electrons. The molecule has 130 valence electrons. The zero-order valence-electron chi connectivity index (χ0n) is 14.6. The number of aryl methyl sites for hydroxylation is 2. The fourth-order valence-corrected chi connectivity index (χ4v) is 5.58. The second-order valence-electron chi connectivity index (χ2n) is 6.91. The Labute approximate surface area is 143 Å². The van der Waals surface area contributed by atoms with Gasteiger partial charge in [0.2, 0.25) is 10.0 Å². The molecule has 0 aliphatic carbocycles. The minimum absolute atomic E-state index is 0.309. The van der Waals surface area contributed by atoms with Gasteiger partial charge in [0, 0.05) is 30.9 Å². The van der Waals surface area contributed by atoms with Crippen molar-refractivity contribution in [2.24, 2.45) is 0 Å². The van der Waals surface area contributed by atoms with E-state index in [1.54, 1.807) is 18.2 Å². The van der Waals surface area contributed by atoms with E-state index in [0.717, 1.165) is 5.69 Å². The molecule has 0 spiro atoms. The van der Waals surface area contributed by atoms with Gasteiger partial charge in [0.25, 0.3) is 0 Å². The van der Waals surface area contributed by atoms with Gasteiger partial charge in [-0.1, -0.05) is 18.2 Å². The standard InChI is InChI=1S/C17H24N4O2S/c1-13-16(14(2)19-18-13)24(22,23)21-11-10-20(12-17(21,3)4)15-8-6-5-7-9-15/h5-9H,10-12H2,1-4H3,(H,18,19). The number of para-hydroxylation sites is 1. The topological polar surface area (TPSA) is 69.3 Å². The molecule has 1 N–H and O–H groups in total. The van der Waals surface area contributed by atoms with Crippen molar-refractivity contribution in [1.82, 2.24) is 14.5 Å². The van der Waals surface area contributed by atoms with Gasteiger partial charge in [-0.3, -0.25) is 5.10 Å². The van der Waals surface area contributed by atoms with Crippen molar-refractivity contribution in [3.8, 4) is 0 Å². The van der Waals surface area contributed by atoms with Gasteiger partial charge in [-0.15, -0.1) is 0 Å². The van der Waals surface area contributed by atoms with E-state index in [1.807, 2.05) is 32.0 Å². The molecule has 6 nitrogen and oxygen atoms in total. The van der Waals surface area contributed by atoms with Gasteiger partial charge in [0.05, 0.1) is 11.4 Å². The summed E-state index contributed by atoms with van der Waals surface area (Å²) < 4.78 is 28.0. The molecule has 1 fully saturated rings. The number of hydrogen-bond donors (Lipinski definition) is 1. The summed E-state index contributed by atoms with van der Waals surface area (Å²) in [5.74, 6) is 0. The number of aromatic amines is 1. The molecule has 7 heteroatoms. The van der Waals surface area contributed by atoms with Gasteiger partial charge in [0.15, 0.2) is 0 Å². The Morgan fingerprint density at radius 1 is 1.12 bits per heavy atom. The van der Waals surface area contributed by atoms with E-state index >= 15 is 0 Å². The molecule has 0 unspecified atom stereocenters. The maximum absolute atomic E-state index is 13.2. The number of piperazine rings is 1. The molecule has 1 aromatic carbocycles. The third kappa shape index (κ3) is 2.82. The number of hydrogen-bond acceptors (Lipinski definition) is 4. The lowest BCUT2D eigenvalue weighted by atomic mass is 10.0.